The van der Waals surface area contributed by atoms with Gasteiger partial charge in [-0.15, -0.1) is 0 Å². The van der Waals surface area contributed by atoms with Gasteiger partial charge in [-0.1, -0.05) is 17.7 Å². The smallest absolute Gasteiger partial charge is 0.321 e. The molecule has 4 bridgehead atoms. The minimum absolute atomic E-state index is 0.131. The molecule has 6 rings (SSSR count). The first-order valence-electron chi connectivity index (χ1n) is 12.1. The molecular formula is C26H31ClN4O3. The van der Waals surface area contributed by atoms with Gasteiger partial charge in [-0.25, -0.2) is 4.79 Å². The summed E-state index contributed by atoms with van der Waals surface area (Å²) in [6.45, 7) is 2.03. The summed E-state index contributed by atoms with van der Waals surface area (Å²) < 4.78 is 5.74. The van der Waals surface area contributed by atoms with Crippen LogP contribution in [0.1, 0.15) is 51.1 Å². The van der Waals surface area contributed by atoms with Crippen LogP contribution in [0.25, 0.3) is 0 Å². The van der Waals surface area contributed by atoms with E-state index in [2.05, 4.69) is 20.9 Å². The van der Waals surface area contributed by atoms with Crippen molar-refractivity contribution in [3.8, 4) is 5.75 Å². The van der Waals surface area contributed by atoms with Gasteiger partial charge in [0.2, 0.25) is 5.91 Å². The predicted octanol–water partition coefficient (Wildman–Crippen LogP) is 4.91. The van der Waals surface area contributed by atoms with E-state index in [0.29, 0.717) is 23.1 Å². The van der Waals surface area contributed by atoms with Crippen LogP contribution >= 0.6 is 11.6 Å². The summed E-state index contributed by atoms with van der Waals surface area (Å²) in [5, 5.41) is 9.23. The van der Waals surface area contributed by atoms with Gasteiger partial charge in [0.1, 0.15) is 18.4 Å². The van der Waals surface area contributed by atoms with Crippen LogP contribution in [0, 0.1) is 17.8 Å². The van der Waals surface area contributed by atoms with Crippen molar-refractivity contribution in [1.82, 2.24) is 15.6 Å². The number of aromatic nitrogens is 1. The largest absolute Gasteiger partial charge is 0.486 e. The van der Waals surface area contributed by atoms with Crippen molar-refractivity contribution in [2.75, 3.05) is 5.32 Å². The molecule has 1 atom stereocenters. The number of nitrogens with zero attached hydrogens (tertiary/aromatic N) is 1. The second-order valence-electron chi connectivity index (χ2n) is 10.3. The molecule has 1 unspecified atom stereocenters. The van der Waals surface area contributed by atoms with Crippen LogP contribution in [0.3, 0.4) is 0 Å². The third kappa shape index (κ3) is 5.14. The van der Waals surface area contributed by atoms with Gasteiger partial charge in [0, 0.05) is 17.4 Å². The highest BCUT2D eigenvalue weighted by molar-refractivity contribution is 6.32. The zero-order chi connectivity index (χ0) is 23.7. The molecule has 3 N–H and O–H groups in total. The quantitative estimate of drug-likeness (QED) is 0.521. The van der Waals surface area contributed by atoms with Crippen molar-refractivity contribution in [3.63, 3.8) is 0 Å². The zero-order valence-corrected chi connectivity index (χ0v) is 20.1. The standard InChI is InChI=1S/C26H31ClN4O3/c1-16(29-20-5-6-23(22(27)11-20)34-15-21-4-2-3-7-28-21)24(32)30-25(33)31-26-12-17-8-18(13-26)10-19(9-17)14-26/h2-7,11,16-19,29H,8-10,12-15H2,1H3,(H2,30,31,32,33). The number of rotatable bonds is 7. The fourth-order valence-corrected chi connectivity index (χ4v) is 6.65. The van der Waals surface area contributed by atoms with Crippen molar-refractivity contribution in [2.24, 2.45) is 17.8 Å². The molecule has 4 fully saturated rings. The van der Waals surface area contributed by atoms with Crippen LogP contribution in [-0.4, -0.2) is 28.5 Å². The van der Waals surface area contributed by atoms with Crippen molar-refractivity contribution in [3.05, 3.63) is 53.3 Å². The molecule has 180 valence electrons. The molecular weight excluding hydrogens is 452 g/mol. The number of anilines is 1. The maximum Gasteiger partial charge on any atom is 0.321 e. The first-order valence-corrected chi connectivity index (χ1v) is 12.5. The van der Waals surface area contributed by atoms with Gasteiger partial charge in [-0.2, -0.15) is 0 Å². The van der Waals surface area contributed by atoms with Gasteiger partial charge < -0.3 is 15.4 Å². The Morgan fingerprint density at radius 1 is 1.12 bits per heavy atom. The fourth-order valence-electron chi connectivity index (χ4n) is 6.41. The lowest BCUT2D eigenvalue weighted by atomic mass is 9.53. The Kier molecular flexibility index (Phi) is 6.38. The Hall–Kier alpha value is -2.80. The number of carbonyl (C=O) groups is 2. The van der Waals surface area contributed by atoms with E-state index in [1.54, 1.807) is 31.3 Å². The molecule has 0 saturated heterocycles. The van der Waals surface area contributed by atoms with E-state index in [0.717, 1.165) is 42.7 Å². The number of hydrogen-bond acceptors (Lipinski definition) is 5. The Morgan fingerprint density at radius 2 is 1.82 bits per heavy atom. The van der Waals surface area contributed by atoms with Gasteiger partial charge in [-0.3, -0.25) is 15.1 Å². The van der Waals surface area contributed by atoms with E-state index in [-0.39, 0.29) is 11.4 Å². The molecule has 8 heteroatoms. The first-order chi connectivity index (χ1) is 16.4. The van der Waals surface area contributed by atoms with E-state index in [1.165, 1.54) is 19.3 Å². The number of ether oxygens (including phenoxy) is 1. The molecule has 2 aromatic rings. The Bertz CT molecular complexity index is 1030. The summed E-state index contributed by atoms with van der Waals surface area (Å²) in [7, 11) is 0. The third-order valence-electron chi connectivity index (χ3n) is 7.46. The van der Waals surface area contributed by atoms with Crippen LogP contribution in [0.4, 0.5) is 10.5 Å². The minimum atomic E-state index is -0.613. The summed E-state index contributed by atoms with van der Waals surface area (Å²) >= 11 is 6.37. The molecule has 4 aliphatic carbocycles. The molecule has 7 nitrogen and oxygen atoms in total. The second kappa shape index (κ2) is 9.45. The van der Waals surface area contributed by atoms with Gasteiger partial charge in [0.25, 0.3) is 0 Å². The summed E-state index contributed by atoms with van der Waals surface area (Å²) in [5.74, 6) is 2.33. The Labute approximate surface area is 205 Å². The van der Waals surface area contributed by atoms with Crippen molar-refractivity contribution in [2.45, 2.75) is 63.6 Å². The van der Waals surface area contributed by atoms with Crippen molar-refractivity contribution >= 4 is 29.2 Å². The SMILES string of the molecule is CC(Nc1ccc(OCc2ccccn2)c(Cl)c1)C(=O)NC(=O)NC12CC3CC(CC(C3)C1)C2. The molecule has 0 radical (unpaired) electrons. The monoisotopic (exact) mass is 482 g/mol. The minimum Gasteiger partial charge on any atom is -0.486 e. The van der Waals surface area contributed by atoms with E-state index < -0.39 is 12.1 Å². The number of amides is 3. The highest BCUT2D eigenvalue weighted by Crippen LogP contribution is 2.55. The topological polar surface area (TPSA) is 92.3 Å². The van der Waals surface area contributed by atoms with E-state index in [1.807, 2.05) is 18.2 Å². The average Bonchev–Trinajstić information content (AvgIpc) is 2.77. The highest BCUT2D eigenvalue weighted by atomic mass is 35.5. The average molecular weight is 483 g/mol. The predicted molar refractivity (Wildman–Crippen MR) is 131 cm³/mol. The van der Waals surface area contributed by atoms with Crippen molar-refractivity contribution in [1.29, 1.82) is 0 Å². The molecule has 34 heavy (non-hydrogen) atoms. The number of halogens is 1. The van der Waals surface area contributed by atoms with Crippen LogP contribution < -0.4 is 20.7 Å². The molecule has 1 heterocycles. The number of hydrogen-bond donors (Lipinski definition) is 3. The number of carbonyl (C=O) groups excluding carboxylic acids is 2. The van der Waals surface area contributed by atoms with E-state index in [4.69, 9.17) is 16.3 Å². The molecule has 0 aliphatic heterocycles. The Morgan fingerprint density at radius 3 is 2.44 bits per heavy atom. The normalized spacial score (nSPS) is 27.6. The Balaban J connectivity index is 1.12. The fraction of sp³-hybridized carbons (Fsp3) is 0.500. The summed E-state index contributed by atoms with van der Waals surface area (Å²) in [4.78, 5) is 29.5. The van der Waals surface area contributed by atoms with Gasteiger partial charge in [-0.05, 0) is 93.5 Å². The molecule has 1 aromatic carbocycles. The molecule has 4 saturated carbocycles. The van der Waals surface area contributed by atoms with Crippen LogP contribution in [-0.2, 0) is 11.4 Å². The lowest BCUT2D eigenvalue weighted by Gasteiger charge is -2.56. The molecule has 1 aromatic heterocycles. The van der Waals surface area contributed by atoms with Gasteiger partial charge >= 0.3 is 6.03 Å². The zero-order valence-electron chi connectivity index (χ0n) is 19.4. The lowest BCUT2D eigenvalue weighted by molar-refractivity contribution is -0.120. The summed E-state index contributed by atoms with van der Waals surface area (Å²) in [6.07, 6.45) is 8.75. The number of urea groups is 1. The maximum absolute atomic E-state index is 12.7. The van der Waals surface area contributed by atoms with E-state index in [9.17, 15) is 9.59 Å². The number of benzene rings is 1. The number of imide groups is 1. The van der Waals surface area contributed by atoms with Crippen LogP contribution in [0.5, 0.6) is 5.75 Å². The summed E-state index contributed by atoms with van der Waals surface area (Å²) in [6, 6.07) is 9.86. The maximum atomic E-state index is 12.7. The first kappa shape index (κ1) is 23.0. The number of pyridine rings is 1. The molecule has 4 aliphatic rings. The lowest BCUT2D eigenvalue weighted by Crippen LogP contribution is -2.62. The van der Waals surface area contributed by atoms with Gasteiger partial charge in [0.15, 0.2) is 0 Å². The van der Waals surface area contributed by atoms with Crippen LogP contribution in [0.2, 0.25) is 5.02 Å². The van der Waals surface area contributed by atoms with E-state index >= 15 is 0 Å². The summed E-state index contributed by atoms with van der Waals surface area (Å²) in [5.41, 5.74) is 1.34. The van der Waals surface area contributed by atoms with Crippen LogP contribution in [0.15, 0.2) is 42.6 Å². The van der Waals surface area contributed by atoms with Gasteiger partial charge in [0.05, 0.1) is 10.7 Å². The molecule has 0 spiro atoms. The highest BCUT2D eigenvalue weighted by Gasteiger charge is 2.51. The number of nitrogens with one attached hydrogen (secondary N) is 3. The third-order valence-corrected chi connectivity index (χ3v) is 7.76. The van der Waals surface area contributed by atoms with Crippen molar-refractivity contribution < 1.29 is 14.3 Å². The molecule has 3 amide bonds. The second-order valence-corrected chi connectivity index (χ2v) is 10.7.